The third kappa shape index (κ3) is 3.91. The van der Waals surface area contributed by atoms with E-state index in [1.54, 1.807) is 26.0 Å². The van der Waals surface area contributed by atoms with Crippen LogP contribution >= 0.6 is 35.6 Å². The van der Waals surface area contributed by atoms with Crippen molar-refractivity contribution in [2.45, 2.75) is 26.1 Å². The molecule has 1 aromatic rings. The Morgan fingerprint density at radius 1 is 1.29 bits per heavy atom. The molecular formula is C12H16Cl3N5O. The summed E-state index contributed by atoms with van der Waals surface area (Å²) in [6.45, 7) is 3.80. The summed E-state index contributed by atoms with van der Waals surface area (Å²) >= 11 is 12.1. The van der Waals surface area contributed by atoms with E-state index in [2.05, 4.69) is 9.98 Å². The summed E-state index contributed by atoms with van der Waals surface area (Å²) in [4.78, 5) is 13.7. The molecule has 2 rings (SSSR count). The Morgan fingerprint density at radius 2 is 1.95 bits per heavy atom. The van der Waals surface area contributed by atoms with Gasteiger partial charge in [0, 0.05) is 5.56 Å². The van der Waals surface area contributed by atoms with Gasteiger partial charge in [-0.1, -0.05) is 35.3 Å². The van der Waals surface area contributed by atoms with E-state index in [0.717, 1.165) is 5.56 Å². The van der Waals surface area contributed by atoms with Crippen molar-refractivity contribution in [2.24, 2.45) is 21.5 Å². The van der Waals surface area contributed by atoms with Crippen molar-refractivity contribution in [3.8, 4) is 0 Å². The molecule has 0 fully saturated rings. The Morgan fingerprint density at radius 3 is 2.57 bits per heavy atom. The highest BCUT2D eigenvalue weighted by atomic mass is 35.5. The largest absolute Gasteiger partial charge is 0.368 e. The number of nitrogens with zero attached hydrogens (tertiary/aromatic N) is 3. The van der Waals surface area contributed by atoms with Gasteiger partial charge in [-0.3, -0.25) is 4.84 Å². The molecule has 0 aliphatic carbocycles. The number of hydroxylamine groups is 2. The molecule has 0 atom stereocenters. The lowest BCUT2D eigenvalue weighted by Gasteiger charge is -2.36. The molecule has 4 N–H and O–H groups in total. The van der Waals surface area contributed by atoms with E-state index in [-0.39, 0.29) is 30.9 Å². The molecule has 0 radical (unpaired) electrons. The number of rotatable bonds is 3. The summed E-state index contributed by atoms with van der Waals surface area (Å²) < 4.78 is 0. The van der Waals surface area contributed by atoms with Crippen molar-refractivity contribution >= 4 is 47.5 Å². The second-order valence-corrected chi connectivity index (χ2v) is 5.50. The molecular weight excluding hydrogens is 337 g/mol. The van der Waals surface area contributed by atoms with Crippen LogP contribution in [0, 0.1) is 0 Å². The summed E-state index contributed by atoms with van der Waals surface area (Å²) in [5.74, 6) is 0.258. The minimum atomic E-state index is -0.749. The van der Waals surface area contributed by atoms with E-state index >= 15 is 0 Å². The van der Waals surface area contributed by atoms with Gasteiger partial charge in [-0.05, 0) is 19.9 Å². The van der Waals surface area contributed by atoms with Gasteiger partial charge >= 0.3 is 0 Å². The number of halogens is 3. The second-order valence-electron chi connectivity index (χ2n) is 4.72. The van der Waals surface area contributed by atoms with Gasteiger partial charge in [-0.25, -0.2) is 4.99 Å². The van der Waals surface area contributed by atoms with Crippen LogP contribution in [0.2, 0.25) is 10.0 Å². The zero-order valence-electron chi connectivity index (χ0n) is 11.5. The van der Waals surface area contributed by atoms with Gasteiger partial charge < -0.3 is 11.5 Å². The number of hydrogen-bond donors (Lipinski definition) is 2. The maximum atomic E-state index is 6.10. The van der Waals surface area contributed by atoms with E-state index in [0.29, 0.717) is 10.0 Å². The molecule has 0 unspecified atom stereocenters. The van der Waals surface area contributed by atoms with Gasteiger partial charge in [-0.15, -0.1) is 12.4 Å². The van der Waals surface area contributed by atoms with Crippen molar-refractivity contribution < 1.29 is 4.84 Å². The summed E-state index contributed by atoms with van der Waals surface area (Å²) in [6, 6.07) is 5.32. The number of hydrogen-bond acceptors (Lipinski definition) is 6. The molecule has 1 aliphatic rings. The first kappa shape index (κ1) is 17.8. The molecule has 0 spiro atoms. The summed E-state index contributed by atoms with van der Waals surface area (Å²) in [7, 11) is 0. The van der Waals surface area contributed by atoms with Crippen molar-refractivity contribution in [1.82, 2.24) is 5.06 Å². The molecule has 1 heterocycles. The van der Waals surface area contributed by atoms with Gasteiger partial charge in [-0.2, -0.15) is 10.1 Å². The lowest BCUT2D eigenvalue weighted by Crippen LogP contribution is -2.53. The third-order valence-electron chi connectivity index (χ3n) is 2.70. The molecule has 0 aromatic heterocycles. The van der Waals surface area contributed by atoms with Crippen LogP contribution in [0.4, 0.5) is 0 Å². The van der Waals surface area contributed by atoms with Crippen molar-refractivity contribution in [3.05, 3.63) is 33.8 Å². The number of aliphatic imine (C=N–C) groups is 2. The van der Waals surface area contributed by atoms with Gasteiger partial charge in [0.15, 0.2) is 5.66 Å². The first-order valence-electron chi connectivity index (χ1n) is 5.87. The zero-order chi connectivity index (χ0) is 14.9. The van der Waals surface area contributed by atoms with Gasteiger partial charge in [0.2, 0.25) is 11.9 Å². The van der Waals surface area contributed by atoms with E-state index in [4.69, 9.17) is 39.5 Å². The highest BCUT2D eigenvalue weighted by molar-refractivity contribution is 6.42. The molecule has 0 saturated carbocycles. The van der Waals surface area contributed by atoms with Crippen LogP contribution in [-0.4, -0.2) is 22.6 Å². The second kappa shape index (κ2) is 6.70. The van der Waals surface area contributed by atoms with Crippen LogP contribution in [0.3, 0.4) is 0 Å². The van der Waals surface area contributed by atoms with Gasteiger partial charge in [0.05, 0.1) is 10.0 Å². The van der Waals surface area contributed by atoms with E-state index < -0.39 is 5.66 Å². The fraction of sp³-hybridized carbons (Fsp3) is 0.333. The average molecular weight is 353 g/mol. The van der Waals surface area contributed by atoms with Gasteiger partial charge in [0.1, 0.15) is 6.61 Å². The fourth-order valence-corrected chi connectivity index (χ4v) is 2.19. The quantitative estimate of drug-likeness (QED) is 0.874. The average Bonchev–Trinajstić information content (AvgIpc) is 2.32. The minimum absolute atomic E-state index is 0. The van der Waals surface area contributed by atoms with Crippen molar-refractivity contribution in [3.63, 3.8) is 0 Å². The van der Waals surface area contributed by atoms with E-state index in [1.807, 2.05) is 6.07 Å². The Balaban J connectivity index is 0.00000220. The molecule has 0 saturated heterocycles. The maximum absolute atomic E-state index is 6.10. The topological polar surface area (TPSA) is 89.2 Å². The molecule has 6 nitrogen and oxygen atoms in total. The highest BCUT2D eigenvalue weighted by Crippen LogP contribution is 2.27. The fourth-order valence-electron chi connectivity index (χ4n) is 1.81. The van der Waals surface area contributed by atoms with Crippen LogP contribution < -0.4 is 11.5 Å². The highest BCUT2D eigenvalue weighted by Gasteiger charge is 2.33. The third-order valence-corrected chi connectivity index (χ3v) is 3.56. The predicted octanol–water partition coefficient (Wildman–Crippen LogP) is 2.53. The van der Waals surface area contributed by atoms with E-state index in [9.17, 15) is 0 Å². The Kier molecular flexibility index (Phi) is 5.69. The summed E-state index contributed by atoms with van der Waals surface area (Å²) in [5, 5.41) is 2.30. The Hall–Kier alpha value is -1.21. The maximum Gasteiger partial charge on any atom is 0.226 e. The van der Waals surface area contributed by atoms with Crippen molar-refractivity contribution in [2.75, 3.05) is 0 Å². The summed E-state index contributed by atoms with van der Waals surface area (Å²) in [6.07, 6.45) is 0. The monoisotopic (exact) mass is 351 g/mol. The van der Waals surface area contributed by atoms with Crippen molar-refractivity contribution in [1.29, 1.82) is 0 Å². The molecule has 1 aliphatic heterocycles. The first-order valence-corrected chi connectivity index (χ1v) is 6.62. The molecule has 0 bridgehead atoms. The number of benzene rings is 1. The first-order chi connectivity index (χ1) is 9.31. The predicted molar refractivity (Wildman–Crippen MR) is 87.7 cm³/mol. The molecule has 116 valence electrons. The standard InChI is InChI=1S/C12H15Cl2N5O.ClH/c1-12(2)18-10(15)17-11(16)19(12)20-6-7-4-3-5-8(13)9(7)14;/h3-5H,6H2,1-2H3,(H4,15,16,17,18);1H. The van der Waals surface area contributed by atoms with Crippen LogP contribution in [0.1, 0.15) is 19.4 Å². The zero-order valence-corrected chi connectivity index (χ0v) is 13.8. The normalized spacial score (nSPS) is 16.9. The number of guanidine groups is 2. The number of nitrogens with two attached hydrogens (primary N) is 2. The van der Waals surface area contributed by atoms with Crippen LogP contribution in [0.5, 0.6) is 0 Å². The van der Waals surface area contributed by atoms with E-state index in [1.165, 1.54) is 5.06 Å². The van der Waals surface area contributed by atoms with Crippen LogP contribution in [0.25, 0.3) is 0 Å². The SMILES string of the molecule is CC1(C)N=C(N)N=C(N)N1OCc1cccc(Cl)c1Cl.Cl. The smallest absolute Gasteiger partial charge is 0.226 e. The molecule has 9 heteroatoms. The lowest BCUT2D eigenvalue weighted by atomic mass is 10.2. The molecule has 21 heavy (non-hydrogen) atoms. The lowest BCUT2D eigenvalue weighted by molar-refractivity contribution is -0.166. The molecule has 1 aromatic carbocycles. The van der Waals surface area contributed by atoms with Gasteiger partial charge in [0.25, 0.3) is 0 Å². The molecule has 0 amide bonds. The van der Waals surface area contributed by atoms with Crippen LogP contribution in [-0.2, 0) is 11.4 Å². The summed E-state index contributed by atoms with van der Waals surface area (Å²) in [5.41, 5.74) is 11.4. The Bertz CT molecular complexity index is 588. The Labute approximate surface area is 139 Å². The minimum Gasteiger partial charge on any atom is -0.368 e. The van der Waals surface area contributed by atoms with Crippen LogP contribution in [0.15, 0.2) is 28.2 Å².